The van der Waals surface area contributed by atoms with Crippen LogP contribution in [0.1, 0.15) is 22.3 Å². The summed E-state index contributed by atoms with van der Waals surface area (Å²) in [6.45, 7) is 2.11. The van der Waals surface area contributed by atoms with Gasteiger partial charge >= 0.3 is 156 Å². The fraction of sp³-hybridized carbons (Fsp3) is 0.0870. The van der Waals surface area contributed by atoms with Gasteiger partial charge in [0.2, 0.25) is 0 Å². The number of hydrogen-bond acceptors (Lipinski definition) is 1. The molecule has 0 amide bonds. The topological polar surface area (TPSA) is 17.1 Å². The van der Waals surface area contributed by atoms with Crippen LogP contribution in [0.3, 0.4) is 0 Å². The van der Waals surface area contributed by atoms with Gasteiger partial charge in [-0.25, -0.2) is 0 Å². The van der Waals surface area contributed by atoms with Crippen molar-refractivity contribution >= 4 is 37.4 Å². The quantitative estimate of drug-likeness (QED) is 0.266. The van der Waals surface area contributed by atoms with Crippen LogP contribution in [-0.4, -0.2) is 21.2 Å². The average molecular weight is 391 g/mol. The fourth-order valence-electron chi connectivity index (χ4n) is 2.51. The Balaban J connectivity index is 1.69. The molecule has 0 saturated heterocycles. The van der Waals surface area contributed by atoms with Gasteiger partial charge in [0, 0.05) is 0 Å². The predicted octanol–water partition coefficient (Wildman–Crippen LogP) is 4.26. The van der Waals surface area contributed by atoms with E-state index in [9.17, 15) is 4.79 Å². The number of allylic oxidation sites excluding steroid dienone is 1. The SMILES string of the molecule is Cc1ccc(C[Se]c2ccc(/C(C=O)=C\c3ccccc3)cc2)cc1. The minimum absolute atomic E-state index is 0.401. The summed E-state index contributed by atoms with van der Waals surface area (Å²) in [5.74, 6) is 0. The first-order valence-electron chi connectivity index (χ1n) is 8.25. The molecule has 0 spiro atoms. The predicted molar refractivity (Wildman–Crippen MR) is 107 cm³/mol. The molecule has 0 aliphatic rings. The second-order valence-corrected chi connectivity index (χ2v) is 8.13. The molecular weight excluding hydrogens is 371 g/mol. The summed E-state index contributed by atoms with van der Waals surface area (Å²) >= 11 is 0.401. The number of aldehydes is 1. The Bertz CT molecular complexity index is 847. The summed E-state index contributed by atoms with van der Waals surface area (Å²) in [6.07, 6.45) is 2.86. The molecule has 3 aromatic rings. The van der Waals surface area contributed by atoms with Gasteiger partial charge in [0.15, 0.2) is 0 Å². The Kier molecular flexibility index (Phi) is 6.00. The van der Waals surface area contributed by atoms with Crippen LogP contribution in [0.2, 0.25) is 0 Å². The van der Waals surface area contributed by atoms with Gasteiger partial charge in [-0.3, -0.25) is 0 Å². The van der Waals surface area contributed by atoms with Crippen molar-refractivity contribution < 1.29 is 4.79 Å². The van der Waals surface area contributed by atoms with Crippen LogP contribution in [-0.2, 0) is 10.1 Å². The van der Waals surface area contributed by atoms with Gasteiger partial charge in [-0.1, -0.05) is 0 Å². The molecule has 0 atom stereocenters. The van der Waals surface area contributed by atoms with Crippen LogP contribution in [0.5, 0.6) is 0 Å². The molecule has 1 nitrogen and oxygen atoms in total. The summed E-state index contributed by atoms with van der Waals surface area (Å²) in [7, 11) is 0. The van der Waals surface area contributed by atoms with Crippen molar-refractivity contribution in [3.05, 3.63) is 101 Å². The molecule has 0 aromatic heterocycles. The molecule has 0 unspecified atom stereocenters. The Morgan fingerprint density at radius 3 is 2.20 bits per heavy atom. The Labute approximate surface area is 155 Å². The summed E-state index contributed by atoms with van der Waals surface area (Å²) in [4.78, 5) is 11.5. The molecular formula is C23H20OSe. The van der Waals surface area contributed by atoms with E-state index in [1.54, 1.807) is 0 Å². The Morgan fingerprint density at radius 1 is 0.880 bits per heavy atom. The molecule has 0 radical (unpaired) electrons. The van der Waals surface area contributed by atoms with Gasteiger partial charge in [0.25, 0.3) is 0 Å². The summed E-state index contributed by atoms with van der Waals surface area (Å²) < 4.78 is 1.35. The van der Waals surface area contributed by atoms with Gasteiger partial charge in [0.1, 0.15) is 0 Å². The number of carbonyl (C=O) groups is 1. The monoisotopic (exact) mass is 392 g/mol. The maximum absolute atomic E-state index is 11.5. The van der Waals surface area contributed by atoms with Crippen LogP contribution in [0.15, 0.2) is 78.9 Å². The van der Waals surface area contributed by atoms with E-state index in [1.807, 2.05) is 36.4 Å². The van der Waals surface area contributed by atoms with Crippen molar-refractivity contribution in [2.24, 2.45) is 0 Å². The van der Waals surface area contributed by atoms with Gasteiger partial charge in [-0.15, -0.1) is 0 Å². The van der Waals surface area contributed by atoms with E-state index in [1.165, 1.54) is 15.6 Å². The third-order valence-corrected chi connectivity index (χ3v) is 6.24. The van der Waals surface area contributed by atoms with Crippen molar-refractivity contribution in [3.63, 3.8) is 0 Å². The molecule has 0 aliphatic carbocycles. The maximum atomic E-state index is 11.5. The third-order valence-electron chi connectivity index (χ3n) is 3.96. The molecule has 2 heteroatoms. The van der Waals surface area contributed by atoms with Crippen molar-refractivity contribution in [1.82, 2.24) is 0 Å². The van der Waals surface area contributed by atoms with E-state index in [-0.39, 0.29) is 0 Å². The molecule has 0 saturated carbocycles. The number of aryl methyl sites for hydroxylation is 1. The molecule has 124 valence electrons. The van der Waals surface area contributed by atoms with Gasteiger partial charge in [-0.05, 0) is 0 Å². The van der Waals surface area contributed by atoms with E-state index in [4.69, 9.17) is 0 Å². The standard InChI is InChI=1S/C23H20OSe/c1-18-7-9-20(10-8-18)17-25-23-13-11-21(12-14-23)22(16-24)15-19-5-3-2-4-6-19/h2-16H,17H2,1H3/b22-15-. The zero-order chi connectivity index (χ0) is 17.5. The zero-order valence-electron chi connectivity index (χ0n) is 14.2. The molecule has 0 N–H and O–H groups in total. The third kappa shape index (κ3) is 5.03. The molecule has 0 bridgehead atoms. The van der Waals surface area contributed by atoms with Crippen molar-refractivity contribution in [3.8, 4) is 0 Å². The molecule has 0 fully saturated rings. The Hall–Kier alpha value is -2.41. The van der Waals surface area contributed by atoms with E-state index < -0.39 is 0 Å². The van der Waals surface area contributed by atoms with E-state index in [0.29, 0.717) is 20.5 Å². The number of hydrogen-bond donors (Lipinski definition) is 0. The van der Waals surface area contributed by atoms with Crippen molar-refractivity contribution in [2.75, 3.05) is 0 Å². The van der Waals surface area contributed by atoms with Crippen LogP contribution < -0.4 is 4.46 Å². The second kappa shape index (κ2) is 8.62. The molecule has 3 rings (SSSR count). The number of benzene rings is 3. The first-order chi connectivity index (χ1) is 12.2. The van der Waals surface area contributed by atoms with E-state index in [0.717, 1.165) is 22.7 Å². The summed E-state index contributed by atoms with van der Waals surface area (Å²) in [5, 5.41) is 1.09. The molecule has 25 heavy (non-hydrogen) atoms. The summed E-state index contributed by atoms with van der Waals surface area (Å²) in [6, 6.07) is 27.1. The van der Waals surface area contributed by atoms with Gasteiger partial charge in [-0.2, -0.15) is 0 Å². The number of rotatable bonds is 6. The van der Waals surface area contributed by atoms with Crippen LogP contribution in [0, 0.1) is 6.92 Å². The van der Waals surface area contributed by atoms with Crippen LogP contribution in [0.4, 0.5) is 0 Å². The van der Waals surface area contributed by atoms with Crippen LogP contribution >= 0.6 is 0 Å². The Morgan fingerprint density at radius 2 is 1.56 bits per heavy atom. The second-order valence-electron chi connectivity index (χ2n) is 5.93. The molecule has 3 aromatic carbocycles. The van der Waals surface area contributed by atoms with Crippen LogP contribution in [0.25, 0.3) is 11.6 Å². The fourth-order valence-corrected chi connectivity index (χ4v) is 4.30. The number of carbonyl (C=O) groups excluding carboxylic acids is 1. The zero-order valence-corrected chi connectivity index (χ0v) is 15.9. The molecule has 0 heterocycles. The van der Waals surface area contributed by atoms with Gasteiger partial charge < -0.3 is 0 Å². The summed E-state index contributed by atoms with van der Waals surface area (Å²) in [5.41, 5.74) is 5.40. The van der Waals surface area contributed by atoms with Gasteiger partial charge in [0.05, 0.1) is 0 Å². The normalized spacial score (nSPS) is 11.3. The average Bonchev–Trinajstić information content (AvgIpc) is 2.67. The molecule has 0 aliphatic heterocycles. The van der Waals surface area contributed by atoms with Crippen molar-refractivity contribution in [2.45, 2.75) is 12.2 Å². The van der Waals surface area contributed by atoms with E-state index in [2.05, 4.69) is 55.5 Å². The first-order valence-corrected chi connectivity index (χ1v) is 10.3. The van der Waals surface area contributed by atoms with E-state index >= 15 is 0 Å². The van der Waals surface area contributed by atoms with Crippen molar-refractivity contribution in [1.29, 1.82) is 0 Å². The minimum atomic E-state index is 0.401. The first kappa shape index (κ1) is 17.4.